The van der Waals surface area contributed by atoms with Crippen molar-refractivity contribution in [1.82, 2.24) is 0 Å². The molecule has 0 aromatic heterocycles. The number of unbranched alkanes of at least 4 members (excludes halogenated alkanes) is 3. The van der Waals surface area contributed by atoms with Crippen LogP contribution in [0.2, 0.25) is 0 Å². The lowest BCUT2D eigenvalue weighted by atomic mass is 10.2. The Balaban J connectivity index is 3.20. The van der Waals surface area contributed by atoms with Crippen molar-refractivity contribution in [3.05, 3.63) is 0 Å². The van der Waals surface area contributed by atoms with Gasteiger partial charge in [-0.3, -0.25) is 9.59 Å². The van der Waals surface area contributed by atoms with Gasteiger partial charge in [0.2, 0.25) is 0 Å². The highest BCUT2D eigenvalue weighted by Gasteiger charge is 2.05. The van der Waals surface area contributed by atoms with Gasteiger partial charge in [0, 0.05) is 0 Å². The van der Waals surface area contributed by atoms with Crippen molar-refractivity contribution >= 4 is 24.6 Å². The Morgan fingerprint density at radius 1 is 1.07 bits per heavy atom. The van der Waals surface area contributed by atoms with E-state index < -0.39 is 11.9 Å². The Kier molecular flexibility index (Phi) is 9.36. The Bertz CT molecular complexity index is 194. The fourth-order valence-corrected chi connectivity index (χ4v) is 1.26. The average molecular weight is 234 g/mol. The second-order valence-electron chi connectivity index (χ2n) is 3.25. The summed E-state index contributed by atoms with van der Waals surface area (Å²) in [4.78, 5) is 21.1. The number of hydrogen-bond acceptors (Lipinski definition) is 4. The van der Waals surface area contributed by atoms with Gasteiger partial charge in [0.1, 0.15) is 0 Å². The van der Waals surface area contributed by atoms with Crippen LogP contribution in [0.5, 0.6) is 0 Å². The standard InChI is InChI=1S/C10H18O4S/c11-9(12)5-6-10(13)14-7-3-1-2-4-8-15/h15H,1-8H2,(H,11,12). The summed E-state index contributed by atoms with van der Waals surface area (Å²) >= 11 is 4.08. The predicted octanol–water partition coefficient (Wildman–Crippen LogP) is 1.88. The zero-order chi connectivity index (χ0) is 11.5. The van der Waals surface area contributed by atoms with E-state index in [0.717, 1.165) is 31.4 Å². The summed E-state index contributed by atoms with van der Waals surface area (Å²) in [6.07, 6.45) is 3.84. The van der Waals surface area contributed by atoms with Gasteiger partial charge in [0.25, 0.3) is 0 Å². The molecule has 0 aromatic rings. The van der Waals surface area contributed by atoms with Crippen LogP contribution in [0.1, 0.15) is 38.5 Å². The van der Waals surface area contributed by atoms with Crippen molar-refractivity contribution in [3.63, 3.8) is 0 Å². The summed E-state index contributed by atoms with van der Waals surface area (Å²) in [5, 5.41) is 8.32. The minimum absolute atomic E-state index is 0.0357. The zero-order valence-corrected chi connectivity index (χ0v) is 9.67. The molecule has 0 bridgehead atoms. The van der Waals surface area contributed by atoms with E-state index in [2.05, 4.69) is 12.6 Å². The average Bonchev–Trinajstić information content (AvgIpc) is 2.20. The van der Waals surface area contributed by atoms with Gasteiger partial charge >= 0.3 is 11.9 Å². The van der Waals surface area contributed by atoms with Crippen LogP contribution in [0.25, 0.3) is 0 Å². The van der Waals surface area contributed by atoms with E-state index in [9.17, 15) is 9.59 Å². The van der Waals surface area contributed by atoms with Crippen LogP contribution in [-0.4, -0.2) is 29.4 Å². The summed E-state index contributed by atoms with van der Waals surface area (Å²) < 4.78 is 4.85. The fraction of sp³-hybridized carbons (Fsp3) is 0.800. The minimum Gasteiger partial charge on any atom is -0.481 e. The number of ether oxygens (including phenoxy) is 1. The molecule has 0 aromatic carbocycles. The molecule has 88 valence electrons. The van der Waals surface area contributed by atoms with Crippen molar-refractivity contribution in [2.45, 2.75) is 38.5 Å². The molecule has 0 heterocycles. The maximum atomic E-state index is 10.9. The van der Waals surface area contributed by atoms with Crippen LogP contribution in [0.3, 0.4) is 0 Å². The number of carboxylic acids is 1. The van der Waals surface area contributed by atoms with Crippen LogP contribution in [0.15, 0.2) is 0 Å². The number of hydrogen-bond donors (Lipinski definition) is 2. The van der Waals surface area contributed by atoms with Gasteiger partial charge in [-0.1, -0.05) is 12.8 Å². The van der Waals surface area contributed by atoms with Crippen molar-refractivity contribution in [1.29, 1.82) is 0 Å². The maximum absolute atomic E-state index is 10.9. The third-order valence-electron chi connectivity index (χ3n) is 1.86. The molecule has 0 saturated carbocycles. The normalized spacial score (nSPS) is 9.93. The molecule has 15 heavy (non-hydrogen) atoms. The molecule has 0 rings (SSSR count). The second kappa shape index (κ2) is 9.83. The number of esters is 1. The van der Waals surface area contributed by atoms with Crippen LogP contribution in [0, 0.1) is 0 Å². The Morgan fingerprint density at radius 3 is 2.33 bits per heavy atom. The SMILES string of the molecule is O=C(O)CCC(=O)OCCCCCCS. The summed E-state index contributed by atoms with van der Waals surface area (Å²) in [5.74, 6) is -0.509. The fourth-order valence-electron chi connectivity index (χ4n) is 1.03. The summed E-state index contributed by atoms with van der Waals surface area (Å²) in [6, 6.07) is 0. The molecule has 0 aliphatic carbocycles. The van der Waals surface area contributed by atoms with Crippen LogP contribution in [0.4, 0.5) is 0 Å². The Labute approximate surface area is 95.4 Å². The summed E-state index contributed by atoms with van der Waals surface area (Å²) in [5.41, 5.74) is 0. The number of aliphatic carboxylic acids is 1. The first-order valence-corrected chi connectivity index (χ1v) is 5.78. The van der Waals surface area contributed by atoms with Gasteiger partial charge in [-0.25, -0.2) is 0 Å². The second-order valence-corrected chi connectivity index (χ2v) is 3.70. The first-order chi connectivity index (χ1) is 7.16. The molecule has 0 aliphatic rings. The number of thiol groups is 1. The van der Waals surface area contributed by atoms with Gasteiger partial charge in [-0.2, -0.15) is 12.6 Å². The Hall–Kier alpha value is -0.710. The van der Waals surface area contributed by atoms with Crippen molar-refractivity contribution in [2.75, 3.05) is 12.4 Å². The van der Waals surface area contributed by atoms with E-state index in [4.69, 9.17) is 9.84 Å². The highest BCUT2D eigenvalue weighted by molar-refractivity contribution is 7.80. The molecule has 1 N–H and O–H groups in total. The van der Waals surface area contributed by atoms with E-state index in [1.807, 2.05) is 0 Å². The molecule has 0 amide bonds. The zero-order valence-electron chi connectivity index (χ0n) is 8.78. The molecule has 5 heteroatoms. The third-order valence-corrected chi connectivity index (χ3v) is 2.17. The molecule has 0 unspecified atom stereocenters. The lowest BCUT2D eigenvalue weighted by Crippen LogP contribution is -2.08. The van der Waals surface area contributed by atoms with E-state index >= 15 is 0 Å². The van der Waals surface area contributed by atoms with Crippen LogP contribution >= 0.6 is 12.6 Å². The third kappa shape index (κ3) is 11.2. The Morgan fingerprint density at radius 2 is 1.73 bits per heavy atom. The molecule has 4 nitrogen and oxygen atoms in total. The number of carbonyl (C=O) groups excluding carboxylic acids is 1. The van der Waals surface area contributed by atoms with E-state index in [0.29, 0.717) is 6.61 Å². The van der Waals surface area contributed by atoms with E-state index in [-0.39, 0.29) is 12.8 Å². The van der Waals surface area contributed by atoms with E-state index in [1.165, 1.54) is 0 Å². The molecule has 0 atom stereocenters. The summed E-state index contributed by atoms with van der Waals surface area (Å²) in [7, 11) is 0. The molecular formula is C10H18O4S. The molecular weight excluding hydrogens is 216 g/mol. The summed E-state index contributed by atoms with van der Waals surface area (Å²) in [6.45, 7) is 0.394. The molecule has 0 saturated heterocycles. The number of carbonyl (C=O) groups is 2. The molecule has 0 fully saturated rings. The van der Waals surface area contributed by atoms with Crippen molar-refractivity contribution < 1.29 is 19.4 Å². The molecule has 0 aliphatic heterocycles. The first kappa shape index (κ1) is 14.3. The maximum Gasteiger partial charge on any atom is 0.306 e. The van der Waals surface area contributed by atoms with Crippen molar-refractivity contribution in [3.8, 4) is 0 Å². The smallest absolute Gasteiger partial charge is 0.306 e. The number of rotatable bonds is 9. The first-order valence-electron chi connectivity index (χ1n) is 5.15. The van der Waals surface area contributed by atoms with Gasteiger partial charge in [-0.05, 0) is 18.6 Å². The van der Waals surface area contributed by atoms with Crippen molar-refractivity contribution in [2.24, 2.45) is 0 Å². The quantitative estimate of drug-likeness (QED) is 0.363. The lowest BCUT2D eigenvalue weighted by Gasteiger charge is -2.03. The molecule has 0 spiro atoms. The van der Waals surface area contributed by atoms with Gasteiger partial charge < -0.3 is 9.84 Å². The van der Waals surface area contributed by atoms with Crippen LogP contribution in [-0.2, 0) is 14.3 Å². The monoisotopic (exact) mass is 234 g/mol. The lowest BCUT2D eigenvalue weighted by molar-refractivity contribution is -0.147. The topological polar surface area (TPSA) is 63.6 Å². The van der Waals surface area contributed by atoms with Gasteiger partial charge in [-0.15, -0.1) is 0 Å². The van der Waals surface area contributed by atoms with Gasteiger partial charge in [0.05, 0.1) is 19.4 Å². The highest BCUT2D eigenvalue weighted by Crippen LogP contribution is 2.02. The minimum atomic E-state index is -0.972. The number of carboxylic acid groups (broad SMARTS) is 1. The van der Waals surface area contributed by atoms with Gasteiger partial charge in [0.15, 0.2) is 0 Å². The largest absolute Gasteiger partial charge is 0.481 e. The molecule has 0 radical (unpaired) electrons. The predicted molar refractivity (Wildman–Crippen MR) is 60.1 cm³/mol. The van der Waals surface area contributed by atoms with Crippen LogP contribution < -0.4 is 0 Å². The highest BCUT2D eigenvalue weighted by atomic mass is 32.1. The van der Waals surface area contributed by atoms with E-state index in [1.54, 1.807) is 0 Å².